The van der Waals surface area contributed by atoms with Crippen LogP contribution >= 0.6 is 0 Å². The average molecular weight is 323 g/mol. The molecule has 1 amide bonds. The quantitative estimate of drug-likeness (QED) is 0.722. The van der Waals surface area contributed by atoms with Crippen molar-refractivity contribution < 1.29 is 4.79 Å². The number of nitrogens with zero attached hydrogens (tertiary/aromatic N) is 7. The maximum Gasteiger partial charge on any atom is 0.256 e. The number of rotatable bonds is 3. The molecular formula is C16H17N7O. The fourth-order valence-corrected chi connectivity index (χ4v) is 3.11. The van der Waals surface area contributed by atoms with E-state index in [1.54, 1.807) is 12.3 Å². The topological polar surface area (TPSA) is 81.7 Å². The van der Waals surface area contributed by atoms with Gasteiger partial charge in [0.15, 0.2) is 0 Å². The molecule has 1 atom stereocenters. The summed E-state index contributed by atoms with van der Waals surface area (Å²) in [6.45, 7) is 4.04. The van der Waals surface area contributed by atoms with Crippen LogP contribution < -0.4 is 0 Å². The van der Waals surface area contributed by atoms with Crippen molar-refractivity contribution in [2.24, 2.45) is 0 Å². The molecule has 0 N–H and O–H groups in total. The molecule has 0 spiro atoms. The molecule has 24 heavy (non-hydrogen) atoms. The molecule has 8 heteroatoms. The Hall–Kier alpha value is -3.03. The van der Waals surface area contributed by atoms with E-state index in [2.05, 4.69) is 24.8 Å². The zero-order chi connectivity index (χ0) is 16.5. The standard InChI is InChI=1S/C16H17N7O/c1-12-15-17-10-14(11-21-6-2-4-20-21)23(15)8-7-22(12)16(24)13-3-5-18-19-9-13/h2-6,9-10,12H,7-8,11H2,1H3/t12-/m1/s1. The molecule has 4 heterocycles. The van der Waals surface area contributed by atoms with Gasteiger partial charge in [0.1, 0.15) is 5.82 Å². The van der Waals surface area contributed by atoms with Crippen LogP contribution in [-0.2, 0) is 13.1 Å². The predicted molar refractivity (Wildman–Crippen MR) is 85.0 cm³/mol. The zero-order valence-electron chi connectivity index (χ0n) is 13.3. The Morgan fingerprint density at radius 2 is 2.17 bits per heavy atom. The van der Waals surface area contributed by atoms with E-state index in [0.717, 1.165) is 18.1 Å². The Morgan fingerprint density at radius 1 is 1.25 bits per heavy atom. The molecule has 0 saturated heterocycles. The van der Waals surface area contributed by atoms with Gasteiger partial charge in [0.25, 0.3) is 5.91 Å². The summed E-state index contributed by atoms with van der Waals surface area (Å²) in [6, 6.07) is 3.50. The average Bonchev–Trinajstić information content (AvgIpc) is 3.27. The van der Waals surface area contributed by atoms with E-state index in [1.165, 1.54) is 12.4 Å². The molecule has 0 aromatic carbocycles. The minimum absolute atomic E-state index is 0.0414. The van der Waals surface area contributed by atoms with Gasteiger partial charge in [-0.3, -0.25) is 9.48 Å². The normalized spacial score (nSPS) is 16.9. The first-order valence-electron chi connectivity index (χ1n) is 7.83. The van der Waals surface area contributed by atoms with Crippen LogP contribution in [0.4, 0.5) is 0 Å². The predicted octanol–water partition coefficient (Wildman–Crippen LogP) is 1.13. The van der Waals surface area contributed by atoms with E-state index in [-0.39, 0.29) is 11.9 Å². The Kier molecular flexibility index (Phi) is 3.56. The van der Waals surface area contributed by atoms with Gasteiger partial charge in [0.2, 0.25) is 0 Å². The van der Waals surface area contributed by atoms with Crippen molar-refractivity contribution in [1.82, 2.24) is 34.4 Å². The maximum atomic E-state index is 12.7. The summed E-state index contributed by atoms with van der Waals surface area (Å²) in [7, 11) is 0. The van der Waals surface area contributed by atoms with Gasteiger partial charge in [0.05, 0.1) is 42.4 Å². The fourth-order valence-electron chi connectivity index (χ4n) is 3.11. The van der Waals surface area contributed by atoms with Gasteiger partial charge in [-0.25, -0.2) is 4.98 Å². The van der Waals surface area contributed by atoms with Crippen molar-refractivity contribution in [3.63, 3.8) is 0 Å². The largest absolute Gasteiger partial charge is 0.327 e. The highest BCUT2D eigenvalue weighted by Gasteiger charge is 2.30. The number of hydrogen-bond acceptors (Lipinski definition) is 5. The Morgan fingerprint density at radius 3 is 2.92 bits per heavy atom. The van der Waals surface area contributed by atoms with Gasteiger partial charge in [-0.1, -0.05) is 0 Å². The summed E-state index contributed by atoms with van der Waals surface area (Å²) >= 11 is 0. The number of fused-ring (bicyclic) bond motifs is 1. The second-order valence-corrected chi connectivity index (χ2v) is 5.77. The third-order valence-corrected chi connectivity index (χ3v) is 4.35. The van der Waals surface area contributed by atoms with E-state index in [0.29, 0.717) is 18.7 Å². The third-order valence-electron chi connectivity index (χ3n) is 4.35. The van der Waals surface area contributed by atoms with Gasteiger partial charge in [-0.15, -0.1) is 0 Å². The second-order valence-electron chi connectivity index (χ2n) is 5.77. The van der Waals surface area contributed by atoms with Crippen LogP contribution in [0.15, 0.2) is 43.1 Å². The summed E-state index contributed by atoms with van der Waals surface area (Å²) in [5.74, 6) is 0.860. The Bertz CT molecular complexity index is 841. The van der Waals surface area contributed by atoms with E-state index >= 15 is 0 Å². The van der Waals surface area contributed by atoms with Crippen LogP contribution in [0.3, 0.4) is 0 Å². The molecule has 0 unspecified atom stereocenters. The number of amides is 1. The molecule has 4 rings (SSSR count). The Labute approximate surface area is 138 Å². The minimum Gasteiger partial charge on any atom is -0.327 e. The summed E-state index contributed by atoms with van der Waals surface area (Å²) < 4.78 is 4.05. The van der Waals surface area contributed by atoms with Gasteiger partial charge >= 0.3 is 0 Å². The molecule has 0 radical (unpaired) electrons. The van der Waals surface area contributed by atoms with Crippen molar-refractivity contribution in [3.8, 4) is 0 Å². The molecule has 0 bridgehead atoms. The highest BCUT2D eigenvalue weighted by Crippen LogP contribution is 2.26. The molecule has 3 aromatic rings. The first kappa shape index (κ1) is 14.6. The molecule has 0 saturated carbocycles. The fraction of sp³-hybridized carbons (Fsp3) is 0.312. The number of aromatic nitrogens is 6. The zero-order valence-corrected chi connectivity index (χ0v) is 13.3. The molecule has 1 aliphatic rings. The van der Waals surface area contributed by atoms with Gasteiger partial charge in [-0.05, 0) is 19.1 Å². The van der Waals surface area contributed by atoms with Crippen molar-refractivity contribution in [3.05, 3.63) is 60.2 Å². The highest BCUT2D eigenvalue weighted by atomic mass is 16.2. The molecule has 1 aliphatic heterocycles. The van der Waals surface area contributed by atoms with Crippen molar-refractivity contribution in [2.45, 2.75) is 26.1 Å². The van der Waals surface area contributed by atoms with Crippen LogP contribution in [0, 0.1) is 0 Å². The lowest BCUT2D eigenvalue weighted by Gasteiger charge is -2.34. The molecule has 3 aromatic heterocycles. The van der Waals surface area contributed by atoms with E-state index in [4.69, 9.17) is 0 Å². The van der Waals surface area contributed by atoms with Crippen molar-refractivity contribution in [2.75, 3.05) is 6.54 Å². The smallest absolute Gasteiger partial charge is 0.256 e. The summed E-state index contributed by atoms with van der Waals surface area (Å²) in [6.07, 6.45) is 8.59. The molecule has 122 valence electrons. The molecule has 0 aliphatic carbocycles. The minimum atomic E-state index is -0.0919. The van der Waals surface area contributed by atoms with Gasteiger partial charge < -0.3 is 9.47 Å². The van der Waals surface area contributed by atoms with Crippen LogP contribution in [0.25, 0.3) is 0 Å². The maximum absolute atomic E-state index is 12.7. The van der Waals surface area contributed by atoms with Gasteiger partial charge in [0, 0.05) is 25.5 Å². The number of imidazole rings is 1. The number of carbonyl (C=O) groups is 1. The van der Waals surface area contributed by atoms with E-state index < -0.39 is 0 Å². The number of hydrogen-bond donors (Lipinski definition) is 0. The second kappa shape index (κ2) is 5.88. The SMILES string of the molecule is C[C@@H]1c2ncc(Cn3cccn3)n2CCN1C(=O)c1ccnnc1. The van der Waals surface area contributed by atoms with Crippen molar-refractivity contribution in [1.29, 1.82) is 0 Å². The summed E-state index contributed by atoms with van der Waals surface area (Å²) in [4.78, 5) is 19.1. The van der Waals surface area contributed by atoms with Crippen LogP contribution in [-0.4, -0.2) is 46.9 Å². The lowest BCUT2D eigenvalue weighted by atomic mass is 10.1. The lowest BCUT2D eigenvalue weighted by Crippen LogP contribution is -2.41. The van der Waals surface area contributed by atoms with Crippen molar-refractivity contribution >= 4 is 5.91 Å². The number of carbonyl (C=O) groups excluding carboxylic acids is 1. The van der Waals surface area contributed by atoms with E-state index in [1.807, 2.05) is 35.0 Å². The lowest BCUT2D eigenvalue weighted by molar-refractivity contribution is 0.0635. The van der Waals surface area contributed by atoms with Crippen LogP contribution in [0.2, 0.25) is 0 Å². The molecular weight excluding hydrogens is 306 g/mol. The molecule has 0 fully saturated rings. The van der Waals surface area contributed by atoms with E-state index in [9.17, 15) is 4.79 Å². The third kappa shape index (κ3) is 2.45. The summed E-state index contributed by atoms with van der Waals surface area (Å²) in [5.41, 5.74) is 1.65. The Balaban J connectivity index is 1.58. The van der Waals surface area contributed by atoms with Crippen LogP contribution in [0.5, 0.6) is 0 Å². The summed E-state index contributed by atoms with van der Waals surface area (Å²) in [5, 5.41) is 11.7. The highest BCUT2D eigenvalue weighted by molar-refractivity contribution is 5.94. The monoisotopic (exact) mass is 323 g/mol. The first-order valence-corrected chi connectivity index (χ1v) is 7.83. The van der Waals surface area contributed by atoms with Gasteiger partial charge in [-0.2, -0.15) is 15.3 Å². The molecule has 8 nitrogen and oxygen atoms in total. The van der Waals surface area contributed by atoms with Crippen LogP contribution in [0.1, 0.15) is 34.8 Å². The first-order chi connectivity index (χ1) is 11.7.